The molecule has 132 valence electrons. The number of thiocarbonyl (C=S) groups is 1. The summed E-state index contributed by atoms with van der Waals surface area (Å²) in [7, 11) is 6.16. The average Bonchev–Trinajstić information content (AvgIpc) is 2.63. The molecule has 1 aliphatic rings. The van der Waals surface area contributed by atoms with Crippen molar-refractivity contribution in [3.8, 4) is 5.75 Å². The number of hydrogen-bond acceptors (Lipinski definition) is 6. The van der Waals surface area contributed by atoms with Crippen molar-refractivity contribution in [3.63, 3.8) is 0 Å². The molecule has 1 aliphatic heterocycles. The number of rotatable bonds is 3. The molecular weight excluding hydrogens is 334 g/mol. The van der Waals surface area contributed by atoms with Crippen molar-refractivity contribution < 1.29 is 24.5 Å². The van der Waals surface area contributed by atoms with Gasteiger partial charge in [-0.05, 0) is 26.6 Å². The number of aliphatic carboxylic acids is 2. The first-order valence-electron chi connectivity index (χ1n) is 7.19. The van der Waals surface area contributed by atoms with Gasteiger partial charge in [0.15, 0.2) is 0 Å². The Bertz CT molecular complexity index is 597. The molecule has 2 N–H and O–H groups in total. The molecule has 1 unspecified atom stereocenters. The van der Waals surface area contributed by atoms with Crippen LogP contribution in [0, 0.1) is 0 Å². The van der Waals surface area contributed by atoms with Gasteiger partial charge in [0.1, 0.15) is 16.8 Å². The van der Waals surface area contributed by atoms with Crippen molar-refractivity contribution in [1.29, 1.82) is 0 Å². The molecule has 2 heterocycles. The van der Waals surface area contributed by atoms with Crippen LogP contribution in [0.3, 0.4) is 0 Å². The molecular formula is C15H21N3O5S. The van der Waals surface area contributed by atoms with E-state index in [4.69, 9.17) is 36.8 Å². The molecule has 9 heteroatoms. The summed E-state index contributed by atoms with van der Waals surface area (Å²) in [6, 6.07) is 1.89. The fourth-order valence-corrected chi connectivity index (χ4v) is 2.24. The highest BCUT2D eigenvalue weighted by Crippen LogP contribution is 2.24. The van der Waals surface area contributed by atoms with Crippen molar-refractivity contribution in [3.05, 3.63) is 24.0 Å². The van der Waals surface area contributed by atoms with Crippen molar-refractivity contribution >= 4 is 29.1 Å². The van der Waals surface area contributed by atoms with E-state index < -0.39 is 11.9 Å². The third-order valence-corrected chi connectivity index (χ3v) is 3.74. The molecule has 8 nitrogen and oxygen atoms in total. The Morgan fingerprint density at radius 1 is 1.42 bits per heavy atom. The molecule has 0 radical (unpaired) electrons. The molecule has 0 aliphatic carbocycles. The molecule has 1 aromatic heterocycles. The van der Waals surface area contributed by atoms with Crippen LogP contribution in [0.1, 0.15) is 12.0 Å². The third kappa shape index (κ3) is 6.09. The van der Waals surface area contributed by atoms with Gasteiger partial charge in [-0.1, -0.05) is 12.2 Å². The Labute approximate surface area is 145 Å². The van der Waals surface area contributed by atoms with Crippen LogP contribution in [0.5, 0.6) is 5.75 Å². The second kappa shape index (κ2) is 9.14. The Kier molecular flexibility index (Phi) is 7.53. The number of likely N-dealkylation sites (N-methyl/N-ethyl adjacent to an activating group) is 1. The first-order valence-corrected chi connectivity index (χ1v) is 7.60. The maximum Gasteiger partial charge on any atom is 0.414 e. The Morgan fingerprint density at radius 2 is 2.04 bits per heavy atom. The fourth-order valence-electron chi connectivity index (χ4n) is 2.01. The normalized spacial score (nSPS) is 16.4. The van der Waals surface area contributed by atoms with Crippen molar-refractivity contribution in [2.75, 3.05) is 34.2 Å². The standard InChI is InChI=1S/C13H19N3OS.C2H2O4/c1-15(2)7-5-10-9-16(3)13(18)11-8-14-6-4-12(11)17-10;3-1(4)2(5)6/h4,6,8,10H,5,7,9H2,1-3H3;(H,3,4)(H,5,6). The minimum Gasteiger partial charge on any atom is -0.488 e. The van der Waals surface area contributed by atoms with E-state index >= 15 is 0 Å². The number of fused-ring (bicyclic) bond motifs is 1. The van der Waals surface area contributed by atoms with E-state index in [2.05, 4.69) is 28.9 Å². The lowest BCUT2D eigenvalue weighted by Crippen LogP contribution is -2.35. The molecule has 0 bridgehead atoms. The van der Waals surface area contributed by atoms with Gasteiger partial charge in [0.2, 0.25) is 0 Å². The summed E-state index contributed by atoms with van der Waals surface area (Å²) in [5.41, 5.74) is 0.919. The lowest BCUT2D eigenvalue weighted by molar-refractivity contribution is -0.159. The second-order valence-corrected chi connectivity index (χ2v) is 5.89. The van der Waals surface area contributed by atoms with E-state index in [1.54, 1.807) is 12.4 Å². The van der Waals surface area contributed by atoms with Crippen LogP contribution < -0.4 is 4.74 Å². The smallest absolute Gasteiger partial charge is 0.414 e. The number of nitrogens with zero attached hydrogens (tertiary/aromatic N) is 3. The molecule has 2 rings (SSSR count). The number of pyridine rings is 1. The summed E-state index contributed by atoms with van der Waals surface area (Å²) in [6.45, 7) is 1.83. The zero-order valence-corrected chi connectivity index (χ0v) is 14.6. The summed E-state index contributed by atoms with van der Waals surface area (Å²) in [5, 5.41) is 14.8. The SMILES string of the molecule is CN(C)CCC1CN(C)C(=S)c2cnccc2O1.O=C(O)C(=O)O. The molecule has 0 fully saturated rings. The average molecular weight is 355 g/mol. The van der Waals surface area contributed by atoms with E-state index in [1.165, 1.54) is 0 Å². The zero-order valence-electron chi connectivity index (χ0n) is 13.8. The minimum atomic E-state index is -1.82. The topological polar surface area (TPSA) is 103 Å². The van der Waals surface area contributed by atoms with Gasteiger partial charge in [0.25, 0.3) is 0 Å². The highest BCUT2D eigenvalue weighted by atomic mass is 32.1. The molecule has 0 amide bonds. The first-order chi connectivity index (χ1) is 11.2. The monoisotopic (exact) mass is 355 g/mol. The number of carboxylic acids is 2. The van der Waals surface area contributed by atoms with E-state index in [1.807, 2.05) is 13.1 Å². The third-order valence-electron chi connectivity index (χ3n) is 3.21. The summed E-state index contributed by atoms with van der Waals surface area (Å²) in [6.07, 6.45) is 4.68. The number of aromatic nitrogens is 1. The van der Waals surface area contributed by atoms with Crippen LogP contribution in [0.15, 0.2) is 18.5 Å². The predicted octanol–water partition coefficient (Wildman–Crippen LogP) is 0.557. The Hall–Kier alpha value is -2.26. The molecule has 1 atom stereocenters. The molecule has 0 aromatic carbocycles. The summed E-state index contributed by atoms with van der Waals surface area (Å²) >= 11 is 5.45. The highest BCUT2D eigenvalue weighted by molar-refractivity contribution is 7.80. The molecule has 1 aromatic rings. The summed E-state index contributed by atoms with van der Waals surface area (Å²) in [5.74, 6) is -2.80. The largest absolute Gasteiger partial charge is 0.488 e. The molecule has 0 spiro atoms. The highest BCUT2D eigenvalue weighted by Gasteiger charge is 2.24. The van der Waals surface area contributed by atoms with Crippen LogP contribution >= 0.6 is 12.2 Å². The predicted molar refractivity (Wildman–Crippen MR) is 91.4 cm³/mol. The van der Waals surface area contributed by atoms with Crippen LogP contribution in [-0.2, 0) is 9.59 Å². The van der Waals surface area contributed by atoms with Crippen molar-refractivity contribution in [2.45, 2.75) is 12.5 Å². The fraction of sp³-hybridized carbons (Fsp3) is 0.467. The number of carboxylic acid groups (broad SMARTS) is 2. The van der Waals surface area contributed by atoms with Gasteiger partial charge in [-0.25, -0.2) is 9.59 Å². The van der Waals surface area contributed by atoms with Gasteiger partial charge in [-0.3, -0.25) is 4.98 Å². The number of ether oxygens (including phenoxy) is 1. The quantitative estimate of drug-likeness (QED) is 0.594. The minimum absolute atomic E-state index is 0.166. The Balaban J connectivity index is 0.000000413. The van der Waals surface area contributed by atoms with Gasteiger partial charge in [-0.2, -0.15) is 0 Å². The first kappa shape index (κ1) is 19.8. The van der Waals surface area contributed by atoms with Gasteiger partial charge < -0.3 is 24.7 Å². The lowest BCUT2D eigenvalue weighted by Gasteiger charge is -2.22. The molecule has 0 saturated carbocycles. The van der Waals surface area contributed by atoms with E-state index in [-0.39, 0.29) is 6.10 Å². The number of hydrogen-bond donors (Lipinski definition) is 2. The van der Waals surface area contributed by atoms with E-state index in [0.29, 0.717) is 0 Å². The van der Waals surface area contributed by atoms with Crippen LogP contribution in [0.2, 0.25) is 0 Å². The summed E-state index contributed by atoms with van der Waals surface area (Å²) in [4.78, 5) is 27.4. The number of carbonyl (C=O) groups is 2. The van der Waals surface area contributed by atoms with Gasteiger partial charge in [0.05, 0.1) is 12.1 Å². The second-order valence-electron chi connectivity index (χ2n) is 5.50. The van der Waals surface area contributed by atoms with Crippen LogP contribution in [0.4, 0.5) is 0 Å². The Morgan fingerprint density at radius 3 is 2.58 bits per heavy atom. The van der Waals surface area contributed by atoms with Crippen LogP contribution in [-0.4, -0.2) is 82.3 Å². The molecule has 24 heavy (non-hydrogen) atoms. The van der Waals surface area contributed by atoms with Crippen LogP contribution in [0.25, 0.3) is 0 Å². The summed E-state index contributed by atoms with van der Waals surface area (Å²) < 4.78 is 6.05. The van der Waals surface area contributed by atoms with Crippen molar-refractivity contribution in [2.24, 2.45) is 0 Å². The van der Waals surface area contributed by atoms with Gasteiger partial charge in [0, 0.05) is 26.0 Å². The van der Waals surface area contributed by atoms with Crippen molar-refractivity contribution in [1.82, 2.24) is 14.8 Å². The lowest BCUT2D eigenvalue weighted by atomic mass is 10.2. The maximum absolute atomic E-state index is 9.10. The zero-order chi connectivity index (χ0) is 18.3. The van der Waals surface area contributed by atoms with Gasteiger partial charge in [-0.15, -0.1) is 0 Å². The molecule has 0 saturated heterocycles. The van der Waals surface area contributed by atoms with E-state index in [9.17, 15) is 0 Å². The van der Waals surface area contributed by atoms with Gasteiger partial charge >= 0.3 is 11.9 Å². The van der Waals surface area contributed by atoms with E-state index in [0.717, 1.165) is 35.8 Å². The maximum atomic E-state index is 9.10.